The molecule has 0 bridgehead atoms. The van der Waals surface area contributed by atoms with Crippen LogP contribution in [0.15, 0.2) is 24.5 Å². The molecule has 23 heavy (non-hydrogen) atoms. The standard InChI is InChI=1S/C16H22ClN5O/c1-12(18)8-16(23)21-6-4-20(5-7-21)10-14-11-22-9-13(17)2-3-15(22)19-14/h2-3,9,11-12H,4-8,10,18H2,1H3. The third-order valence-corrected chi connectivity index (χ3v) is 4.30. The van der Waals surface area contributed by atoms with E-state index >= 15 is 0 Å². The smallest absolute Gasteiger partial charge is 0.224 e. The van der Waals surface area contributed by atoms with Gasteiger partial charge in [-0.1, -0.05) is 11.6 Å². The largest absolute Gasteiger partial charge is 0.340 e. The lowest BCUT2D eigenvalue weighted by molar-refractivity contribution is -0.133. The number of carbonyl (C=O) groups excluding carboxylic acids is 1. The number of nitrogens with zero attached hydrogens (tertiary/aromatic N) is 4. The average molecular weight is 336 g/mol. The Morgan fingerprint density at radius 3 is 2.74 bits per heavy atom. The number of piperazine rings is 1. The first kappa shape index (κ1) is 16.2. The van der Waals surface area contributed by atoms with Crippen molar-refractivity contribution in [2.24, 2.45) is 5.73 Å². The summed E-state index contributed by atoms with van der Waals surface area (Å²) in [6.07, 6.45) is 4.29. The molecule has 0 aromatic carbocycles. The highest BCUT2D eigenvalue weighted by Gasteiger charge is 2.22. The lowest BCUT2D eigenvalue weighted by Crippen LogP contribution is -2.49. The Morgan fingerprint density at radius 1 is 1.30 bits per heavy atom. The normalized spacial score (nSPS) is 17.6. The summed E-state index contributed by atoms with van der Waals surface area (Å²) in [6, 6.07) is 3.68. The van der Waals surface area contributed by atoms with Crippen LogP contribution in [0.5, 0.6) is 0 Å². The van der Waals surface area contributed by atoms with Crippen molar-refractivity contribution >= 4 is 23.2 Å². The van der Waals surface area contributed by atoms with Gasteiger partial charge in [0.15, 0.2) is 0 Å². The van der Waals surface area contributed by atoms with E-state index in [1.165, 1.54) is 0 Å². The first-order valence-corrected chi connectivity index (χ1v) is 8.28. The molecule has 0 aliphatic carbocycles. The summed E-state index contributed by atoms with van der Waals surface area (Å²) in [5.41, 5.74) is 7.61. The van der Waals surface area contributed by atoms with Gasteiger partial charge in [0.25, 0.3) is 0 Å². The molecule has 1 atom stereocenters. The topological polar surface area (TPSA) is 66.9 Å². The van der Waals surface area contributed by atoms with E-state index in [0.29, 0.717) is 11.4 Å². The Hall–Kier alpha value is -1.63. The van der Waals surface area contributed by atoms with E-state index in [0.717, 1.165) is 44.1 Å². The molecule has 1 amide bonds. The van der Waals surface area contributed by atoms with Crippen molar-refractivity contribution in [2.75, 3.05) is 26.2 Å². The van der Waals surface area contributed by atoms with Crippen LogP contribution in [0.25, 0.3) is 5.65 Å². The summed E-state index contributed by atoms with van der Waals surface area (Å²) in [5, 5.41) is 0.697. The molecule has 124 valence electrons. The third-order valence-electron chi connectivity index (χ3n) is 4.07. The van der Waals surface area contributed by atoms with Crippen molar-refractivity contribution in [1.29, 1.82) is 0 Å². The second-order valence-electron chi connectivity index (χ2n) is 6.18. The number of amides is 1. The minimum absolute atomic E-state index is 0.0784. The van der Waals surface area contributed by atoms with E-state index < -0.39 is 0 Å². The predicted molar refractivity (Wildman–Crippen MR) is 90.3 cm³/mol. The first-order valence-electron chi connectivity index (χ1n) is 7.90. The van der Waals surface area contributed by atoms with Crippen molar-refractivity contribution in [3.63, 3.8) is 0 Å². The van der Waals surface area contributed by atoms with Crippen molar-refractivity contribution in [3.8, 4) is 0 Å². The highest BCUT2D eigenvalue weighted by atomic mass is 35.5. The lowest BCUT2D eigenvalue weighted by atomic mass is 10.2. The number of carbonyl (C=O) groups is 1. The van der Waals surface area contributed by atoms with Crippen LogP contribution in [0, 0.1) is 0 Å². The van der Waals surface area contributed by atoms with E-state index in [1.807, 2.05) is 40.8 Å². The minimum atomic E-state index is -0.0784. The molecular formula is C16H22ClN5O. The molecular weight excluding hydrogens is 314 g/mol. The van der Waals surface area contributed by atoms with Gasteiger partial charge in [-0.25, -0.2) is 4.98 Å². The number of aromatic nitrogens is 2. The van der Waals surface area contributed by atoms with Crippen LogP contribution in [0.2, 0.25) is 5.02 Å². The Bertz CT molecular complexity index is 691. The van der Waals surface area contributed by atoms with Crippen LogP contribution in [0.3, 0.4) is 0 Å². The maximum absolute atomic E-state index is 12.0. The zero-order valence-electron chi connectivity index (χ0n) is 13.3. The highest BCUT2D eigenvalue weighted by molar-refractivity contribution is 6.30. The second-order valence-corrected chi connectivity index (χ2v) is 6.62. The molecule has 0 radical (unpaired) electrons. The Labute approximate surface area is 140 Å². The van der Waals surface area contributed by atoms with E-state index in [9.17, 15) is 4.79 Å². The van der Waals surface area contributed by atoms with Crippen LogP contribution >= 0.6 is 11.6 Å². The maximum atomic E-state index is 12.0. The van der Waals surface area contributed by atoms with Crippen LogP contribution in [0.1, 0.15) is 19.0 Å². The van der Waals surface area contributed by atoms with Gasteiger partial charge in [0.2, 0.25) is 5.91 Å². The molecule has 1 unspecified atom stereocenters. The van der Waals surface area contributed by atoms with Crippen molar-refractivity contribution < 1.29 is 4.79 Å². The molecule has 2 aromatic heterocycles. The van der Waals surface area contributed by atoms with Gasteiger partial charge in [-0.3, -0.25) is 9.69 Å². The van der Waals surface area contributed by atoms with Crippen LogP contribution in [-0.4, -0.2) is 57.3 Å². The molecule has 6 nitrogen and oxygen atoms in total. The van der Waals surface area contributed by atoms with Gasteiger partial charge < -0.3 is 15.0 Å². The molecule has 1 saturated heterocycles. The number of nitrogens with two attached hydrogens (primary N) is 1. The number of hydrogen-bond donors (Lipinski definition) is 1. The minimum Gasteiger partial charge on any atom is -0.340 e. The molecule has 3 heterocycles. The second kappa shape index (κ2) is 6.86. The Kier molecular flexibility index (Phi) is 4.84. The van der Waals surface area contributed by atoms with Gasteiger partial charge in [-0.15, -0.1) is 0 Å². The average Bonchev–Trinajstić information content (AvgIpc) is 2.88. The molecule has 1 aliphatic rings. The number of imidazole rings is 1. The zero-order chi connectivity index (χ0) is 16.4. The highest BCUT2D eigenvalue weighted by Crippen LogP contribution is 2.14. The maximum Gasteiger partial charge on any atom is 0.224 e. The van der Waals surface area contributed by atoms with Crippen molar-refractivity contribution in [2.45, 2.75) is 25.9 Å². The van der Waals surface area contributed by atoms with E-state index in [4.69, 9.17) is 17.3 Å². The number of pyridine rings is 1. The number of halogens is 1. The number of fused-ring (bicyclic) bond motifs is 1. The SMILES string of the molecule is CC(N)CC(=O)N1CCN(Cc2cn3cc(Cl)ccc3n2)CC1. The van der Waals surface area contributed by atoms with E-state index in [-0.39, 0.29) is 11.9 Å². The van der Waals surface area contributed by atoms with Gasteiger partial charge in [-0.2, -0.15) is 0 Å². The van der Waals surface area contributed by atoms with Gasteiger partial charge in [0.05, 0.1) is 10.7 Å². The summed E-state index contributed by atoms with van der Waals surface area (Å²) in [6.45, 7) is 5.88. The summed E-state index contributed by atoms with van der Waals surface area (Å²) in [4.78, 5) is 20.9. The molecule has 0 spiro atoms. The van der Waals surface area contributed by atoms with Gasteiger partial charge >= 0.3 is 0 Å². The lowest BCUT2D eigenvalue weighted by Gasteiger charge is -2.34. The number of hydrogen-bond acceptors (Lipinski definition) is 4. The van der Waals surface area contributed by atoms with Gasteiger partial charge in [0.1, 0.15) is 5.65 Å². The number of rotatable bonds is 4. The fourth-order valence-corrected chi connectivity index (χ4v) is 3.05. The fourth-order valence-electron chi connectivity index (χ4n) is 2.88. The van der Waals surface area contributed by atoms with Crippen molar-refractivity contribution in [1.82, 2.24) is 19.2 Å². The third kappa shape index (κ3) is 4.02. The summed E-state index contributed by atoms with van der Waals surface area (Å²) in [7, 11) is 0. The molecule has 1 aliphatic heterocycles. The first-order chi connectivity index (χ1) is 11.0. The summed E-state index contributed by atoms with van der Waals surface area (Å²) < 4.78 is 1.94. The van der Waals surface area contributed by atoms with Gasteiger partial charge in [0, 0.05) is 57.6 Å². The molecule has 2 N–H and O–H groups in total. The zero-order valence-corrected chi connectivity index (χ0v) is 14.0. The summed E-state index contributed by atoms with van der Waals surface area (Å²) in [5.74, 6) is 0.155. The quantitative estimate of drug-likeness (QED) is 0.916. The van der Waals surface area contributed by atoms with Crippen LogP contribution in [-0.2, 0) is 11.3 Å². The summed E-state index contributed by atoms with van der Waals surface area (Å²) >= 11 is 6.00. The molecule has 0 saturated carbocycles. The van der Waals surface area contributed by atoms with Crippen LogP contribution < -0.4 is 5.73 Å². The fraction of sp³-hybridized carbons (Fsp3) is 0.500. The molecule has 3 rings (SSSR count). The molecule has 2 aromatic rings. The van der Waals surface area contributed by atoms with E-state index in [1.54, 1.807) is 0 Å². The molecule has 7 heteroatoms. The predicted octanol–water partition coefficient (Wildman–Crippen LogP) is 1.37. The molecule has 1 fully saturated rings. The van der Waals surface area contributed by atoms with Crippen LogP contribution in [0.4, 0.5) is 0 Å². The Balaban J connectivity index is 1.56. The Morgan fingerprint density at radius 2 is 2.04 bits per heavy atom. The van der Waals surface area contributed by atoms with Crippen molar-refractivity contribution in [3.05, 3.63) is 35.2 Å². The van der Waals surface area contributed by atoms with Gasteiger partial charge in [-0.05, 0) is 19.1 Å². The monoisotopic (exact) mass is 335 g/mol. The van der Waals surface area contributed by atoms with E-state index in [2.05, 4.69) is 9.88 Å².